The standard InChI is InChI=1S/C17H31N3O/c1-12-7-8-15(21-12)11-20-14(3)16(13(2)19-20)9-10-18-17(4,5)6/h12,15,18H,7-11H2,1-6H3. The topological polar surface area (TPSA) is 39.1 Å². The van der Waals surface area contributed by atoms with Crippen LogP contribution in [0, 0.1) is 13.8 Å². The SMILES string of the molecule is Cc1nn(CC2CCC(C)O2)c(C)c1CCNC(C)(C)C. The van der Waals surface area contributed by atoms with Crippen molar-refractivity contribution >= 4 is 0 Å². The van der Waals surface area contributed by atoms with E-state index in [0.717, 1.165) is 31.6 Å². The molecule has 1 saturated heterocycles. The first-order chi connectivity index (χ1) is 9.76. The van der Waals surface area contributed by atoms with Gasteiger partial charge in [-0.1, -0.05) is 0 Å². The number of ether oxygens (including phenoxy) is 1. The summed E-state index contributed by atoms with van der Waals surface area (Å²) in [5.41, 5.74) is 4.02. The zero-order valence-electron chi connectivity index (χ0n) is 14.5. The smallest absolute Gasteiger partial charge is 0.0775 e. The first kappa shape index (κ1) is 16.5. The molecule has 1 aromatic rings. The van der Waals surface area contributed by atoms with E-state index in [1.807, 2.05) is 0 Å². The van der Waals surface area contributed by atoms with Crippen LogP contribution in [0.15, 0.2) is 0 Å². The maximum absolute atomic E-state index is 5.92. The molecule has 1 aromatic heterocycles. The highest BCUT2D eigenvalue weighted by Gasteiger charge is 2.23. The van der Waals surface area contributed by atoms with Crippen LogP contribution in [0.4, 0.5) is 0 Å². The molecule has 0 aromatic carbocycles. The summed E-state index contributed by atoms with van der Waals surface area (Å²) in [5.74, 6) is 0. The third kappa shape index (κ3) is 4.55. The molecule has 0 spiro atoms. The molecular formula is C17H31N3O. The monoisotopic (exact) mass is 293 g/mol. The summed E-state index contributed by atoms with van der Waals surface area (Å²) in [6.45, 7) is 15.0. The fraction of sp³-hybridized carbons (Fsp3) is 0.824. The molecule has 4 nitrogen and oxygen atoms in total. The van der Waals surface area contributed by atoms with Crippen molar-refractivity contribution < 1.29 is 4.74 Å². The van der Waals surface area contributed by atoms with Gasteiger partial charge in [-0.15, -0.1) is 0 Å². The maximum atomic E-state index is 5.92. The third-order valence-corrected chi connectivity index (χ3v) is 4.26. The van der Waals surface area contributed by atoms with Crippen LogP contribution in [0.2, 0.25) is 0 Å². The zero-order chi connectivity index (χ0) is 15.6. The highest BCUT2D eigenvalue weighted by Crippen LogP contribution is 2.22. The van der Waals surface area contributed by atoms with Crippen molar-refractivity contribution in [2.24, 2.45) is 0 Å². The number of nitrogens with one attached hydrogen (secondary N) is 1. The van der Waals surface area contributed by atoms with E-state index in [9.17, 15) is 0 Å². The normalized spacial score (nSPS) is 23.0. The summed E-state index contributed by atoms with van der Waals surface area (Å²) in [7, 11) is 0. The van der Waals surface area contributed by atoms with Gasteiger partial charge >= 0.3 is 0 Å². The number of nitrogens with zero attached hydrogens (tertiary/aromatic N) is 2. The van der Waals surface area contributed by atoms with Crippen LogP contribution in [-0.2, 0) is 17.7 Å². The van der Waals surface area contributed by atoms with Gasteiger partial charge in [0.15, 0.2) is 0 Å². The zero-order valence-corrected chi connectivity index (χ0v) is 14.5. The van der Waals surface area contributed by atoms with Crippen molar-refractivity contribution in [2.45, 2.75) is 85.1 Å². The Morgan fingerprint density at radius 2 is 2.00 bits per heavy atom. The van der Waals surface area contributed by atoms with Crippen molar-refractivity contribution in [1.29, 1.82) is 0 Å². The fourth-order valence-corrected chi connectivity index (χ4v) is 3.05. The second kappa shape index (κ2) is 6.49. The third-order valence-electron chi connectivity index (χ3n) is 4.26. The van der Waals surface area contributed by atoms with Crippen molar-refractivity contribution in [1.82, 2.24) is 15.1 Å². The van der Waals surface area contributed by atoms with Crippen LogP contribution in [0.25, 0.3) is 0 Å². The minimum absolute atomic E-state index is 0.172. The molecule has 0 amide bonds. The van der Waals surface area contributed by atoms with E-state index in [2.05, 4.69) is 51.5 Å². The number of aromatic nitrogens is 2. The van der Waals surface area contributed by atoms with Gasteiger partial charge in [-0.25, -0.2) is 0 Å². The largest absolute Gasteiger partial charge is 0.373 e. The van der Waals surface area contributed by atoms with Crippen LogP contribution < -0.4 is 5.32 Å². The molecule has 0 radical (unpaired) electrons. The summed E-state index contributed by atoms with van der Waals surface area (Å²) >= 11 is 0. The highest BCUT2D eigenvalue weighted by molar-refractivity contribution is 5.25. The fourth-order valence-electron chi connectivity index (χ4n) is 3.05. The Kier molecular flexibility index (Phi) is 5.10. The van der Waals surface area contributed by atoms with Gasteiger partial charge in [-0.2, -0.15) is 5.10 Å². The minimum atomic E-state index is 0.172. The van der Waals surface area contributed by atoms with E-state index < -0.39 is 0 Å². The van der Waals surface area contributed by atoms with Gasteiger partial charge in [-0.3, -0.25) is 4.68 Å². The molecule has 2 atom stereocenters. The number of aryl methyl sites for hydroxylation is 1. The first-order valence-corrected chi connectivity index (χ1v) is 8.19. The van der Waals surface area contributed by atoms with E-state index in [1.165, 1.54) is 17.7 Å². The molecule has 0 saturated carbocycles. The van der Waals surface area contributed by atoms with Crippen LogP contribution in [-0.4, -0.2) is 34.1 Å². The number of hydrogen-bond acceptors (Lipinski definition) is 3. The molecule has 0 bridgehead atoms. The summed E-state index contributed by atoms with van der Waals surface area (Å²) in [4.78, 5) is 0. The van der Waals surface area contributed by atoms with Crippen molar-refractivity contribution in [3.63, 3.8) is 0 Å². The molecule has 2 unspecified atom stereocenters. The van der Waals surface area contributed by atoms with Crippen LogP contribution >= 0.6 is 0 Å². The Morgan fingerprint density at radius 3 is 2.57 bits per heavy atom. The molecular weight excluding hydrogens is 262 g/mol. The van der Waals surface area contributed by atoms with Gasteiger partial charge in [0.1, 0.15) is 0 Å². The lowest BCUT2D eigenvalue weighted by atomic mass is 10.1. The molecule has 4 heteroatoms. The summed E-state index contributed by atoms with van der Waals surface area (Å²) < 4.78 is 8.07. The van der Waals surface area contributed by atoms with Crippen LogP contribution in [0.1, 0.15) is 57.5 Å². The molecule has 1 aliphatic rings. The molecule has 1 N–H and O–H groups in total. The van der Waals surface area contributed by atoms with Crippen molar-refractivity contribution in [3.05, 3.63) is 17.0 Å². The van der Waals surface area contributed by atoms with E-state index in [-0.39, 0.29) is 5.54 Å². The maximum Gasteiger partial charge on any atom is 0.0775 e. The second-order valence-corrected chi connectivity index (χ2v) is 7.40. The Bertz CT molecular complexity index is 473. The Hall–Kier alpha value is -0.870. The van der Waals surface area contributed by atoms with Gasteiger partial charge in [0.25, 0.3) is 0 Å². The van der Waals surface area contributed by atoms with E-state index in [4.69, 9.17) is 9.84 Å². The predicted octanol–water partition coefficient (Wildman–Crippen LogP) is 3.00. The van der Waals surface area contributed by atoms with Crippen LogP contribution in [0.3, 0.4) is 0 Å². The lowest BCUT2D eigenvalue weighted by Crippen LogP contribution is -2.37. The van der Waals surface area contributed by atoms with Gasteiger partial charge in [0.05, 0.1) is 24.4 Å². The van der Waals surface area contributed by atoms with Gasteiger partial charge in [-0.05, 0) is 72.9 Å². The minimum Gasteiger partial charge on any atom is -0.373 e. The average Bonchev–Trinajstić information content (AvgIpc) is 2.87. The van der Waals surface area contributed by atoms with E-state index in [1.54, 1.807) is 0 Å². The van der Waals surface area contributed by atoms with Gasteiger partial charge in [0, 0.05) is 11.2 Å². The molecule has 2 rings (SSSR count). The average molecular weight is 293 g/mol. The van der Waals surface area contributed by atoms with Crippen molar-refractivity contribution in [2.75, 3.05) is 6.54 Å². The van der Waals surface area contributed by atoms with Gasteiger partial charge < -0.3 is 10.1 Å². The molecule has 2 heterocycles. The van der Waals surface area contributed by atoms with Crippen LogP contribution in [0.5, 0.6) is 0 Å². The quantitative estimate of drug-likeness (QED) is 0.907. The predicted molar refractivity (Wildman–Crippen MR) is 86.7 cm³/mol. The Morgan fingerprint density at radius 1 is 1.29 bits per heavy atom. The highest BCUT2D eigenvalue weighted by atomic mass is 16.5. The Balaban J connectivity index is 1.97. The number of hydrogen-bond donors (Lipinski definition) is 1. The summed E-state index contributed by atoms with van der Waals surface area (Å²) in [6.07, 6.45) is 4.10. The Labute approximate surface area is 129 Å². The number of rotatable bonds is 5. The van der Waals surface area contributed by atoms with E-state index in [0.29, 0.717) is 12.2 Å². The van der Waals surface area contributed by atoms with Gasteiger partial charge in [0.2, 0.25) is 0 Å². The first-order valence-electron chi connectivity index (χ1n) is 8.19. The lowest BCUT2D eigenvalue weighted by Gasteiger charge is -2.20. The molecule has 21 heavy (non-hydrogen) atoms. The summed E-state index contributed by atoms with van der Waals surface area (Å²) in [5, 5.41) is 8.27. The molecule has 1 aliphatic heterocycles. The van der Waals surface area contributed by atoms with Crippen molar-refractivity contribution in [3.8, 4) is 0 Å². The summed E-state index contributed by atoms with van der Waals surface area (Å²) in [6, 6.07) is 0. The molecule has 120 valence electrons. The second-order valence-electron chi connectivity index (χ2n) is 7.40. The lowest BCUT2D eigenvalue weighted by molar-refractivity contribution is 0.0433. The molecule has 0 aliphatic carbocycles. The molecule has 1 fully saturated rings. The van der Waals surface area contributed by atoms with E-state index >= 15 is 0 Å².